The third kappa shape index (κ3) is 3.12. The number of aliphatic hydroxyl groups is 1. The summed E-state index contributed by atoms with van der Waals surface area (Å²) in [5.74, 6) is 1.72. The fourth-order valence-electron chi connectivity index (χ4n) is 3.03. The van der Waals surface area contributed by atoms with Crippen molar-refractivity contribution in [1.29, 1.82) is 0 Å². The lowest BCUT2D eigenvalue weighted by Crippen LogP contribution is -2.45. The van der Waals surface area contributed by atoms with Gasteiger partial charge in [-0.2, -0.15) is 0 Å². The summed E-state index contributed by atoms with van der Waals surface area (Å²) in [6, 6.07) is 11.6. The normalized spacial score (nSPS) is 23.1. The van der Waals surface area contributed by atoms with Gasteiger partial charge in [-0.25, -0.2) is 0 Å². The summed E-state index contributed by atoms with van der Waals surface area (Å²) in [5, 5.41) is 11.0. The highest BCUT2D eigenvalue weighted by atomic mass is 16.5. The Morgan fingerprint density at radius 2 is 2.24 bits per heavy atom. The molecular formula is C17H21NO3. The van der Waals surface area contributed by atoms with Crippen LogP contribution in [0, 0.1) is 0 Å². The quantitative estimate of drug-likeness (QED) is 0.939. The Kier molecular flexibility index (Phi) is 3.99. The van der Waals surface area contributed by atoms with Crippen LogP contribution in [0.4, 0.5) is 0 Å². The molecule has 2 aromatic rings. The van der Waals surface area contributed by atoms with Crippen LogP contribution in [0.5, 0.6) is 5.75 Å². The minimum absolute atomic E-state index is 0.612. The SMILES string of the molecule is COc1cccc(C2(O)CCCN(Cc3ccco3)C2)c1. The third-order valence-corrected chi connectivity index (χ3v) is 4.12. The van der Waals surface area contributed by atoms with E-state index in [1.807, 2.05) is 36.4 Å². The summed E-state index contributed by atoms with van der Waals surface area (Å²) in [6.45, 7) is 2.33. The summed E-state index contributed by atoms with van der Waals surface area (Å²) >= 11 is 0. The smallest absolute Gasteiger partial charge is 0.119 e. The maximum Gasteiger partial charge on any atom is 0.119 e. The zero-order valence-corrected chi connectivity index (χ0v) is 12.3. The average Bonchev–Trinajstić information content (AvgIpc) is 3.00. The third-order valence-electron chi connectivity index (χ3n) is 4.12. The second kappa shape index (κ2) is 5.92. The van der Waals surface area contributed by atoms with Gasteiger partial charge in [-0.15, -0.1) is 0 Å². The van der Waals surface area contributed by atoms with E-state index in [2.05, 4.69) is 4.90 Å². The molecule has 1 saturated heterocycles. The summed E-state index contributed by atoms with van der Waals surface area (Å²) in [5.41, 5.74) is 0.102. The molecule has 2 heterocycles. The van der Waals surface area contributed by atoms with Gasteiger partial charge < -0.3 is 14.3 Å². The predicted octanol–water partition coefficient (Wildman–Crippen LogP) is 2.77. The van der Waals surface area contributed by atoms with Crippen LogP contribution in [0.3, 0.4) is 0 Å². The summed E-state index contributed by atoms with van der Waals surface area (Å²) in [4.78, 5) is 2.24. The molecule has 0 aliphatic carbocycles. The van der Waals surface area contributed by atoms with Crippen LogP contribution in [-0.2, 0) is 12.1 Å². The van der Waals surface area contributed by atoms with Gasteiger partial charge in [-0.1, -0.05) is 12.1 Å². The van der Waals surface area contributed by atoms with E-state index in [0.717, 1.165) is 43.0 Å². The van der Waals surface area contributed by atoms with E-state index < -0.39 is 5.60 Å². The predicted molar refractivity (Wildman–Crippen MR) is 80.1 cm³/mol. The molecular weight excluding hydrogens is 266 g/mol. The van der Waals surface area contributed by atoms with Crippen LogP contribution in [-0.4, -0.2) is 30.2 Å². The zero-order valence-electron chi connectivity index (χ0n) is 12.3. The number of β-amino-alcohol motifs (C(OH)–C–C–N with tert-alkyl or cyclic N) is 1. The first-order valence-corrected chi connectivity index (χ1v) is 7.31. The number of nitrogens with zero attached hydrogens (tertiary/aromatic N) is 1. The molecule has 1 aromatic heterocycles. The molecule has 112 valence electrons. The van der Waals surface area contributed by atoms with E-state index in [0.29, 0.717) is 6.54 Å². The number of hydrogen-bond donors (Lipinski definition) is 1. The molecule has 0 spiro atoms. The van der Waals surface area contributed by atoms with Crippen molar-refractivity contribution in [2.24, 2.45) is 0 Å². The second-order valence-electron chi connectivity index (χ2n) is 5.66. The van der Waals surface area contributed by atoms with Crippen molar-refractivity contribution < 1.29 is 14.3 Å². The maximum atomic E-state index is 11.0. The molecule has 21 heavy (non-hydrogen) atoms. The summed E-state index contributed by atoms with van der Waals surface area (Å²) < 4.78 is 10.7. The number of rotatable bonds is 4. The summed E-state index contributed by atoms with van der Waals surface area (Å²) in [7, 11) is 1.65. The molecule has 1 aliphatic heterocycles. The van der Waals surface area contributed by atoms with Gasteiger partial charge in [-0.05, 0) is 49.2 Å². The van der Waals surface area contributed by atoms with E-state index in [1.54, 1.807) is 13.4 Å². The van der Waals surface area contributed by atoms with Crippen molar-refractivity contribution >= 4 is 0 Å². The van der Waals surface area contributed by atoms with Crippen molar-refractivity contribution in [2.75, 3.05) is 20.2 Å². The van der Waals surface area contributed by atoms with Gasteiger partial charge in [0.15, 0.2) is 0 Å². The molecule has 0 radical (unpaired) electrons. The number of piperidine rings is 1. The Morgan fingerprint density at radius 3 is 3.00 bits per heavy atom. The van der Waals surface area contributed by atoms with Crippen molar-refractivity contribution in [3.63, 3.8) is 0 Å². The molecule has 1 aliphatic rings. The molecule has 1 atom stereocenters. The number of ether oxygens (including phenoxy) is 1. The number of furan rings is 1. The highest BCUT2D eigenvalue weighted by molar-refractivity contribution is 5.33. The number of benzene rings is 1. The molecule has 1 unspecified atom stereocenters. The Labute approximate surface area is 124 Å². The van der Waals surface area contributed by atoms with E-state index in [9.17, 15) is 5.11 Å². The van der Waals surface area contributed by atoms with Crippen LogP contribution >= 0.6 is 0 Å². The molecule has 0 amide bonds. The van der Waals surface area contributed by atoms with Crippen molar-refractivity contribution in [1.82, 2.24) is 4.90 Å². The summed E-state index contributed by atoms with van der Waals surface area (Å²) in [6.07, 6.45) is 3.43. The molecule has 1 aromatic carbocycles. The fraction of sp³-hybridized carbons (Fsp3) is 0.412. The minimum atomic E-state index is -0.820. The first-order chi connectivity index (χ1) is 10.2. The van der Waals surface area contributed by atoms with Crippen molar-refractivity contribution in [2.45, 2.75) is 25.0 Å². The first kappa shape index (κ1) is 14.2. The monoisotopic (exact) mass is 287 g/mol. The number of methoxy groups -OCH3 is 1. The van der Waals surface area contributed by atoms with Crippen LogP contribution in [0.25, 0.3) is 0 Å². The molecule has 1 N–H and O–H groups in total. The lowest BCUT2D eigenvalue weighted by Gasteiger charge is -2.39. The molecule has 4 heteroatoms. The number of likely N-dealkylation sites (tertiary alicyclic amines) is 1. The van der Waals surface area contributed by atoms with E-state index in [1.165, 1.54) is 0 Å². The Hall–Kier alpha value is -1.78. The fourth-order valence-corrected chi connectivity index (χ4v) is 3.03. The van der Waals surface area contributed by atoms with Crippen molar-refractivity contribution in [3.05, 3.63) is 54.0 Å². The zero-order chi connectivity index (χ0) is 14.7. The van der Waals surface area contributed by atoms with Gasteiger partial charge in [-0.3, -0.25) is 4.90 Å². The Bertz CT molecular complexity index is 581. The standard InChI is InChI=1S/C17H21NO3/c1-20-15-6-2-5-14(11-15)17(19)8-4-9-18(13-17)12-16-7-3-10-21-16/h2-3,5-7,10-11,19H,4,8-9,12-13H2,1H3. The minimum Gasteiger partial charge on any atom is -0.497 e. The van der Waals surface area contributed by atoms with Gasteiger partial charge in [0.1, 0.15) is 17.1 Å². The van der Waals surface area contributed by atoms with Gasteiger partial charge >= 0.3 is 0 Å². The number of hydrogen-bond acceptors (Lipinski definition) is 4. The van der Waals surface area contributed by atoms with E-state index >= 15 is 0 Å². The molecule has 0 bridgehead atoms. The molecule has 0 saturated carbocycles. The first-order valence-electron chi connectivity index (χ1n) is 7.31. The lowest BCUT2D eigenvalue weighted by molar-refractivity contribution is -0.0397. The average molecular weight is 287 g/mol. The van der Waals surface area contributed by atoms with E-state index in [4.69, 9.17) is 9.15 Å². The molecule has 1 fully saturated rings. The largest absolute Gasteiger partial charge is 0.497 e. The van der Waals surface area contributed by atoms with Crippen LogP contribution in [0.15, 0.2) is 47.1 Å². The molecule has 4 nitrogen and oxygen atoms in total. The Morgan fingerprint density at radius 1 is 1.33 bits per heavy atom. The van der Waals surface area contributed by atoms with Crippen molar-refractivity contribution in [3.8, 4) is 5.75 Å². The molecule has 3 rings (SSSR count). The highest BCUT2D eigenvalue weighted by Crippen LogP contribution is 2.33. The van der Waals surface area contributed by atoms with E-state index in [-0.39, 0.29) is 0 Å². The lowest BCUT2D eigenvalue weighted by atomic mass is 9.85. The van der Waals surface area contributed by atoms with Gasteiger partial charge in [0.05, 0.1) is 19.9 Å². The maximum absolute atomic E-state index is 11.0. The highest BCUT2D eigenvalue weighted by Gasteiger charge is 2.35. The topological polar surface area (TPSA) is 45.8 Å². The van der Waals surface area contributed by atoms with Crippen LogP contribution in [0.2, 0.25) is 0 Å². The Balaban J connectivity index is 1.76. The van der Waals surface area contributed by atoms with Gasteiger partial charge in [0.2, 0.25) is 0 Å². The second-order valence-corrected chi connectivity index (χ2v) is 5.66. The van der Waals surface area contributed by atoms with Gasteiger partial charge in [0.25, 0.3) is 0 Å². The van der Waals surface area contributed by atoms with Crippen LogP contribution in [0.1, 0.15) is 24.2 Å². The van der Waals surface area contributed by atoms with Gasteiger partial charge in [0, 0.05) is 6.54 Å². The van der Waals surface area contributed by atoms with Crippen LogP contribution < -0.4 is 4.74 Å².